The van der Waals surface area contributed by atoms with E-state index < -0.39 is 10.0 Å². The van der Waals surface area contributed by atoms with Gasteiger partial charge in [-0.25, -0.2) is 13.1 Å². The van der Waals surface area contributed by atoms with Crippen molar-refractivity contribution in [2.45, 2.75) is 56.9 Å². The molecule has 0 bridgehead atoms. The Bertz CT molecular complexity index is 880. The average Bonchev–Trinajstić information content (AvgIpc) is 3.05. The fourth-order valence-electron chi connectivity index (χ4n) is 3.54. The monoisotopic (exact) mass is 391 g/mol. The number of nitrogens with zero attached hydrogens (tertiary/aromatic N) is 2. The minimum Gasteiger partial charge on any atom is -0.381 e. The fourth-order valence-corrected chi connectivity index (χ4v) is 4.84. The number of ether oxygens (including phenoxy) is 1. The number of hydrogen-bond donors (Lipinski definition) is 1. The van der Waals surface area contributed by atoms with Crippen molar-refractivity contribution in [2.75, 3.05) is 19.8 Å². The zero-order valence-corrected chi connectivity index (χ0v) is 17.3. The Kier molecular flexibility index (Phi) is 5.74. The summed E-state index contributed by atoms with van der Waals surface area (Å²) in [5.74, 6) is 0. The molecule has 2 heterocycles. The summed E-state index contributed by atoms with van der Waals surface area (Å²) < 4.78 is 36.0. The van der Waals surface area contributed by atoms with Crippen LogP contribution in [0, 0.1) is 13.8 Å². The first-order valence-electron chi connectivity index (χ1n) is 9.44. The van der Waals surface area contributed by atoms with Gasteiger partial charge in [0.25, 0.3) is 0 Å². The molecule has 1 aromatic heterocycles. The normalized spacial score (nSPS) is 17.4. The number of hydrogen-bond acceptors (Lipinski definition) is 4. The fraction of sp³-hybridized carbons (Fsp3) is 0.550. The maximum atomic E-state index is 13.0. The van der Waals surface area contributed by atoms with Crippen molar-refractivity contribution in [3.05, 3.63) is 47.3 Å². The lowest BCUT2D eigenvalue weighted by molar-refractivity contribution is 0.0517. The molecule has 1 aliphatic heterocycles. The Labute approximate surface area is 162 Å². The van der Waals surface area contributed by atoms with E-state index in [0.717, 1.165) is 18.4 Å². The molecule has 0 unspecified atom stereocenters. The third kappa shape index (κ3) is 4.25. The molecule has 1 saturated heterocycles. The van der Waals surface area contributed by atoms with Gasteiger partial charge in [-0.05, 0) is 46.1 Å². The highest BCUT2D eigenvalue weighted by Gasteiger charge is 2.36. The molecule has 0 amide bonds. The summed E-state index contributed by atoms with van der Waals surface area (Å²) in [4.78, 5) is 0.252. The highest BCUT2D eigenvalue weighted by Crippen LogP contribution is 2.35. The number of benzene rings is 1. The third-order valence-electron chi connectivity index (χ3n) is 5.40. The van der Waals surface area contributed by atoms with Gasteiger partial charge >= 0.3 is 0 Å². The Morgan fingerprint density at radius 3 is 2.37 bits per heavy atom. The molecular formula is C20H29N3O3S. The first-order valence-corrected chi connectivity index (χ1v) is 10.9. The van der Waals surface area contributed by atoms with Gasteiger partial charge in [0.1, 0.15) is 4.90 Å². The third-order valence-corrected chi connectivity index (χ3v) is 6.91. The highest BCUT2D eigenvalue weighted by atomic mass is 32.2. The van der Waals surface area contributed by atoms with Gasteiger partial charge in [0, 0.05) is 37.4 Å². The second-order valence-electron chi connectivity index (χ2n) is 7.74. The number of aromatic nitrogens is 2. The highest BCUT2D eigenvalue weighted by molar-refractivity contribution is 7.89. The molecule has 1 aromatic carbocycles. The quantitative estimate of drug-likeness (QED) is 0.821. The van der Waals surface area contributed by atoms with Crippen LogP contribution < -0.4 is 4.72 Å². The van der Waals surface area contributed by atoms with Crippen LogP contribution in [0.5, 0.6) is 0 Å². The van der Waals surface area contributed by atoms with E-state index in [1.54, 1.807) is 17.8 Å². The van der Waals surface area contributed by atoms with Gasteiger partial charge in [0.15, 0.2) is 0 Å². The van der Waals surface area contributed by atoms with Crippen molar-refractivity contribution in [3.63, 3.8) is 0 Å². The second kappa shape index (κ2) is 7.73. The van der Waals surface area contributed by atoms with Crippen molar-refractivity contribution in [2.24, 2.45) is 0 Å². The van der Waals surface area contributed by atoms with Gasteiger partial charge in [-0.2, -0.15) is 5.10 Å². The van der Waals surface area contributed by atoms with Gasteiger partial charge in [-0.15, -0.1) is 0 Å². The molecule has 0 atom stereocenters. The molecule has 2 aromatic rings. The SMILES string of the molecule is Cc1ccc(C2(CNS(=O)(=O)c3cn(C(C)C)nc3C)CCOCC2)cc1. The summed E-state index contributed by atoms with van der Waals surface area (Å²) in [6.45, 7) is 9.37. The summed E-state index contributed by atoms with van der Waals surface area (Å²) in [6.07, 6.45) is 3.20. The van der Waals surface area contributed by atoms with Crippen molar-refractivity contribution in [1.29, 1.82) is 0 Å². The zero-order valence-electron chi connectivity index (χ0n) is 16.5. The van der Waals surface area contributed by atoms with Crippen molar-refractivity contribution in [3.8, 4) is 0 Å². The zero-order chi connectivity index (χ0) is 19.7. The van der Waals surface area contributed by atoms with Crippen LogP contribution in [0.2, 0.25) is 0 Å². The summed E-state index contributed by atoms with van der Waals surface area (Å²) >= 11 is 0. The predicted octanol–water partition coefficient (Wildman–Crippen LogP) is 3.11. The van der Waals surface area contributed by atoms with Crippen LogP contribution in [0.3, 0.4) is 0 Å². The molecule has 1 fully saturated rings. The van der Waals surface area contributed by atoms with Crippen LogP contribution >= 0.6 is 0 Å². The minimum absolute atomic E-state index is 0.113. The first kappa shape index (κ1) is 20.0. The van der Waals surface area contributed by atoms with Crippen LogP contribution in [-0.4, -0.2) is 38.0 Å². The van der Waals surface area contributed by atoms with E-state index >= 15 is 0 Å². The molecule has 0 saturated carbocycles. The molecule has 148 valence electrons. The molecule has 1 aliphatic rings. The molecule has 0 radical (unpaired) electrons. The Balaban J connectivity index is 1.86. The van der Waals surface area contributed by atoms with E-state index in [1.807, 2.05) is 13.8 Å². The van der Waals surface area contributed by atoms with Gasteiger partial charge in [0.05, 0.1) is 5.69 Å². The molecule has 7 heteroatoms. The van der Waals surface area contributed by atoms with Crippen LogP contribution in [0.25, 0.3) is 0 Å². The lowest BCUT2D eigenvalue weighted by Gasteiger charge is -2.38. The maximum absolute atomic E-state index is 13.0. The Morgan fingerprint density at radius 1 is 1.19 bits per heavy atom. The molecule has 3 rings (SSSR count). The van der Waals surface area contributed by atoms with E-state index in [1.165, 1.54) is 5.56 Å². The minimum atomic E-state index is -3.63. The number of aryl methyl sites for hydroxylation is 2. The lowest BCUT2D eigenvalue weighted by Crippen LogP contribution is -2.44. The largest absolute Gasteiger partial charge is 0.381 e. The molecule has 1 N–H and O–H groups in total. The van der Waals surface area contributed by atoms with Crippen LogP contribution in [0.4, 0.5) is 0 Å². The van der Waals surface area contributed by atoms with Crippen molar-refractivity contribution in [1.82, 2.24) is 14.5 Å². The van der Waals surface area contributed by atoms with E-state index in [2.05, 4.69) is 41.0 Å². The molecule has 27 heavy (non-hydrogen) atoms. The molecular weight excluding hydrogens is 362 g/mol. The molecule has 6 nitrogen and oxygen atoms in total. The Morgan fingerprint density at radius 2 is 1.81 bits per heavy atom. The summed E-state index contributed by atoms with van der Waals surface area (Å²) in [5.41, 5.74) is 2.63. The summed E-state index contributed by atoms with van der Waals surface area (Å²) in [5, 5.41) is 4.33. The molecule has 0 aliphatic carbocycles. The van der Waals surface area contributed by atoms with Gasteiger partial charge < -0.3 is 4.74 Å². The van der Waals surface area contributed by atoms with Gasteiger partial charge in [-0.1, -0.05) is 29.8 Å². The van der Waals surface area contributed by atoms with Gasteiger partial charge in [0.2, 0.25) is 10.0 Å². The van der Waals surface area contributed by atoms with E-state index in [4.69, 9.17) is 4.74 Å². The number of sulfonamides is 1. The van der Waals surface area contributed by atoms with Gasteiger partial charge in [-0.3, -0.25) is 4.68 Å². The van der Waals surface area contributed by atoms with Crippen LogP contribution in [0.1, 0.15) is 49.6 Å². The molecule has 0 spiro atoms. The first-order chi connectivity index (χ1) is 12.7. The lowest BCUT2D eigenvalue weighted by atomic mass is 9.74. The average molecular weight is 392 g/mol. The maximum Gasteiger partial charge on any atom is 0.243 e. The van der Waals surface area contributed by atoms with E-state index in [0.29, 0.717) is 25.5 Å². The second-order valence-corrected chi connectivity index (χ2v) is 9.47. The standard InChI is InChI=1S/C20H29N3O3S/c1-15(2)23-13-19(17(4)22-23)27(24,25)21-14-20(9-11-26-12-10-20)18-7-5-16(3)6-8-18/h5-8,13,15,21H,9-12,14H2,1-4H3. The van der Waals surface area contributed by atoms with Crippen LogP contribution in [0.15, 0.2) is 35.4 Å². The van der Waals surface area contributed by atoms with E-state index in [-0.39, 0.29) is 16.4 Å². The van der Waals surface area contributed by atoms with Crippen LogP contribution in [-0.2, 0) is 20.2 Å². The van der Waals surface area contributed by atoms with Crippen molar-refractivity contribution < 1.29 is 13.2 Å². The number of rotatable bonds is 6. The summed E-state index contributed by atoms with van der Waals surface area (Å²) in [7, 11) is -3.63. The summed E-state index contributed by atoms with van der Waals surface area (Å²) in [6, 6.07) is 8.49. The topological polar surface area (TPSA) is 73.2 Å². The predicted molar refractivity (Wildman–Crippen MR) is 105 cm³/mol. The smallest absolute Gasteiger partial charge is 0.243 e. The van der Waals surface area contributed by atoms with Crippen molar-refractivity contribution >= 4 is 10.0 Å². The number of nitrogens with one attached hydrogen (secondary N) is 1. The Hall–Kier alpha value is -1.70. The van der Waals surface area contributed by atoms with E-state index in [9.17, 15) is 8.42 Å².